The monoisotopic (exact) mass is 520 g/mol. The summed E-state index contributed by atoms with van der Waals surface area (Å²) in [6, 6.07) is 5.66. The molecule has 2 aliphatic rings. The number of nitrogens with two attached hydrogens (primary N) is 1. The van der Waals surface area contributed by atoms with Crippen LogP contribution in [0, 0.1) is 0 Å². The fraction of sp³-hybridized carbons (Fsp3) is 0.435. The number of amides is 3. The van der Waals surface area contributed by atoms with Crippen LogP contribution < -0.4 is 11.1 Å². The number of benzene rings is 1. The van der Waals surface area contributed by atoms with E-state index in [4.69, 9.17) is 10.5 Å². The Hall–Kier alpha value is -2.80. The highest BCUT2D eigenvalue weighted by molar-refractivity contribution is 7.89. The standard InChI is InChI=1S/C23H28N4O6S2/c1-13-10-27(11-14(2)33-13)35(31,32)17-6-4-16(5-7-17)22(30)25-23-20(21(24)29)18-8-9-26(15(3)28)12-19(18)34-23/h4-7,13-14H,8-12H2,1-3H3,(H2,24,29)(H,25,30)/t13-,14+. The Balaban J connectivity index is 1.53. The van der Waals surface area contributed by atoms with Crippen LogP contribution in [0.2, 0.25) is 0 Å². The predicted octanol–water partition coefficient (Wildman–Crippen LogP) is 1.80. The number of morpholine rings is 1. The van der Waals surface area contributed by atoms with E-state index in [1.54, 1.807) is 4.90 Å². The maximum Gasteiger partial charge on any atom is 0.256 e. The van der Waals surface area contributed by atoms with Gasteiger partial charge >= 0.3 is 0 Å². The van der Waals surface area contributed by atoms with Gasteiger partial charge in [-0.2, -0.15) is 4.31 Å². The Morgan fingerprint density at radius 1 is 1.11 bits per heavy atom. The summed E-state index contributed by atoms with van der Waals surface area (Å²) < 4.78 is 33.1. The first-order valence-corrected chi connectivity index (χ1v) is 13.5. The quantitative estimate of drug-likeness (QED) is 0.616. The molecule has 2 atom stereocenters. The number of rotatable bonds is 5. The second-order valence-corrected chi connectivity index (χ2v) is 11.9. The Morgan fingerprint density at radius 2 is 1.74 bits per heavy atom. The molecule has 1 fully saturated rings. The average molecular weight is 521 g/mol. The van der Waals surface area contributed by atoms with Gasteiger partial charge in [-0.05, 0) is 50.1 Å². The molecule has 3 N–H and O–H groups in total. The molecule has 0 bridgehead atoms. The van der Waals surface area contributed by atoms with Crippen LogP contribution >= 0.6 is 11.3 Å². The fourth-order valence-corrected chi connectivity index (χ4v) is 7.30. The number of carbonyl (C=O) groups is 3. The molecular weight excluding hydrogens is 492 g/mol. The van der Waals surface area contributed by atoms with E-state index in [9.17, 15) is 22.8 Å². The summed E-state index contributed by atoms with van der Waals surface area (Å²) >= 11 is 1.22. The highest BCUT2D eigenvalue weighted by Crippen LogP contribution is 2.37. The molecule has 0 unspecified atom stereocenters. The second-order valence-electron chi connectivity index (χ2n) is 8.82. The van der Waals surface area contributed by atoms with Crippen LogP contribution in [0.5, 0.6) is 0 Å². The van der Waals surface area contributed by atoms with E-state index in [0.717, 1.165) is 10.4 Å². The summed E-state index contributed by atoms with van der Waals surface area (Å²) in [5, 5.41) is 3.07. The van der Waals surface area contributed by atoms with Gasteiger partial charge in [0.25, 0.3) is 11.8 Å². The van der Waals surface area contributed by atoms with Gasteiger partial charge in [-0.3, -0.25) is 14.4 Å². The Bertz CT molecular complexity index is 1260. The third-order valence-corrected chi connectivity index (χ3v) is 9.09. The van der Waals surface area contributed by atoms with Crippen molar-refractivity contribution in [1.82, 2.24) is 9.21 Å². The Labute approximate surface area is 208 Å². The minimum atomic E-state index is -3.73. The molecule has 35 heavy (non-hydrogen) atoms. The lowest BCUT2D eigenvalue weighted by molar-refractivity contribution is -0.129. The molecular formula is C23H28N4O6S2. The SMILES string of the molecule is CC(=O)N1CCc2c(sc(NC(=O)c3ccc(S(=O)(=O)N4C[C@@H](C)O[C@@H](C)C4)cc3)c2C(N)=O)C1. The van der Waals surface area contributed by atoms with E-state index < -0.39 is 21.8 Å². The third kappa shape index (κ3) is 5.10. The molecule has 2 aromatic rings. The molecule has 1 aromatic carbocycles. The molecule has 10 nitrogen and oxygen atoms in total. The summed E-state index contributed by atoms with van der Waals surface area (Å²) in [6.07, 6.45) is 0.0552. The molecule has 3 heterocycles. The molecule has 1 saturated heterocycles. The van der Waals surface area contributed by atoms with E-state index in [1.165, 1.54) is 46.8 Å². The van der Waals surface area contributed by atoms with E-state index in [0.29, 0.717) is 24.5 Å². The summed E-state index contributed by atoms with van der Waals surface area (Å²) in [7, 11) is -3.73. The molecule has 4 rings (SSSR count). The van der Waals surface area contributed by atoms with Crippen molar-refractivity contribution in [2.75, 3.05) is 25.0 Å². The number of fused-ring (bicyclic) bond motifs is 1. The smallest absolute Gasteiger partial charge is 0.256 e. The zero-order valence-electron chi connectivity index (χ0n) is 19.7. The largest absolute Gasteiger partial charge is 0.373 e. The van der Waals surface area contributed by atoms with Crippen LogP contribution in [0.3, 0.4) is 0 Å². The fourth-order valence-electron chi connectivity index (χ4n) is 4.45. The maximum atomic E-state index is 13.0. The van der Waals surface area contributed by atoms with Crippen LogP contribution in [-0.4, -0.2) is 67.2 Å². The van der Waals surface area contributed by atoms with E-state index in [1.807, 2.05) is 13.8 Å². The average Bonchev–Trinajstić information content (AvgIpc) is 3.15. The Kier molecular flexibility index (Phi) is 7.00. The number of nitrogens with zero attached hydrogens (tertiary/aromatic N) is 2. The summed E-state index contributed by atoms with van der Waals surface area (Å²) in [4.78, 5) is 39.4. The van der Waals surface area contributed by atoms with Crippen molar-refractivity contribution in [3.05, 3.63) is 45.8 Å². The zero-order chi connectivity index (χ0) is 25.5. The van der Waals surface area contributed by atoms with Crippen LogP contribution in [0.1, 0.15) is 51.9 Å². The zero-order valence-corrected chi connectivity index (χ0v) is 21.4. The number of primary amides is 1. The van der Waals surface area contributed by atoms with E-state index in [-0.39, 0.29) is 47.2 Å². The van der Waals surface area contributed by atoms with E-state index >= 15 is 0 Å². The topological polar surface area (TPSA) is 139 Å². The van der Waals surface area contributed by atoms with Crippen molar-refractivity contribution in [2.45, 2.75) is 50.8 Å². The number of carbonyl (C=O) groups excluding carboxylic acids is 3. The van der Waals surface area contributed by atoms with Crippen LogP contribution in [0.15, 0.2) is 29.2 Å². The van der Waals surface area contributed by atoms with Crippen molar-refractivity contribution in [3.8, 4) is 0 Å². The summed E-state index contributed by atoms with van der Waals surface area (Å²) in [6.45, 7) is 6.49. The van der Waals surface area contributed by atoms with Gasteiger partial charge in [0.1, 0.15) is 5.00 Å². The van der Waals surface area contributed by atoms with Crippen molar-refractivity contribution in [1.29, 1.82) is 0 Å². The molecule has 0 radical (unpaired) electrons. The van der Waals surface area contributed by atoms with Gasteiger partial charge in [0.15, 0.2) is 0 Å². The van der Waals surface area contributed by atoms with Gasteiger partial charge in [-0.15, -0.1) is 11.3 Å². The summed E-state index contributed by atoms with van der Waals surface area (Å²) in [5.41, 5.74) is 6.86. The third-order valence-electron chi connectivity index (χ3n) is 6.12. The first kappa shape index (κ1) is 25.3. The van der Waals surface area contributed by atoms with Crippen LogP contribution in [0.4, 0.5) is 5.00 Å². The minimum absolute atomic E-state index is 0.0636. The maximum absolute atomic E-state index is 13.0. The second kappa shape index (κ2) is 9.69. The van der Waals surface area contributed by atoms with E-state index in [2.05, 4.69) is 5.32 Å². The van der Waals surface area contributed by atoms with Gasteiger partial charge in [0.2, 0.25) is 15.9 Å². The Morgan fingerprint density at radius 3 is 2.31 bits per heavy atom. The molecule has 0 saturated carbocycles. The normalized spacial score (nSPS) is 20.8. The van der Waals surface area contributed by atoms with Gasteiger partial charge in [0, 0.05) is 37.0 Å². The predicted molar refractivity (Wildman–Crippen MR) is 131 cm³/mol. The number of thiophene rings is 1. The molecule has 3 amide bonds. The molecule has 1 aromatic heterocycles. The highest BCUT2D eigenvalue weighted by atomic mass is 32.2. The van der Waals surface area contributed by atoms with Gasteiger partial charge < -0.3 is 20.7 Å². The van der Waals surface area contributed by atoms with Crippen LogP contribution in [-0.2, 0) is 32.5 Å². The number of ether oxygens (including phenoxy) is 1. The number of nitrogens with one attached hydrogen (secondary N) is 1. The lowest BCUT2D eigenvalue weighted by Gasteiger charge is -2.34. The molecule has 12 heteroatoms. The lowest BCUT2D eigenvalue weighted by atomic mass is 10.0. The number of hydrogen-bond acceptors (Lipinski definition) is 7. The first-order valence-electron chi connectivity index (χ1n) is 11.2. The molecule has 188 valence electrons. The molecule has 0 spiro atoms. The van der Waals surface area contributed by atoms with Crippen LogP contribution in [0.25, 0.3) is 0 Å². The minimum Gasteiger partial charge on any atom is -0.373 e. The highest BCUT2D eigenvalue weighted by Gasteiger charge is 2.32. The number of hydrogen-bond donors (Lipinski definition) is 2. The van der Waals surface area contributed by atoms with Crippen molar-refractivity contribution in [3.63, 3.8) is 0 Å². The molecule has 2 aliphatic heterocycles. The number of anilines is 1. The molecule has 0 aliphatic carbocycles. The first-order chi connectivity index (χ1) is 16.5. The summed E-state index contributed by atoms with van der Waals surface area (Å²) in [5.74, 6) is -1.21. The van der Waals surface area contributed by atoms with Gasteiger partial charge in [-0.1, -0.05) is 0 Å². The van der Waals surface area contributed by atoms with Crippen molar-refractivity contribution in [2.24, 2.45) is 5.73 Å². The van der Waals surface area contributed by atoms with Crippen molar-refractivity contribution >= 4 is 44.1 Å². The van der Waals surface area contributed by atoms with Gasteiger partial charge in [-0.25, -0.2) is 8.42 Å². The number of sulfonamides is 1. The van der Waals surface area contributed by atoms with Gasteiger partial charge in [0.05, 0.1) is 29.2 Å². The van der Waals surface area contributed by atoms with Crippen molar-refractivity contribution < 1.29 is 27.5 Å². The lowest BCUT2D eigenvalue weighted by Crippen LogP contribution is -2.48.